The summed E-state index contributed by atoms with van der Waals surface area (Å²) < 4.78 is 6.81. The lowest BCUT2D eigenvalue weighted by Gasteiger charge is -2.08. The van der Waals surface area contributed by atoms with E-state index in [1.165, 1.54) is 4.90 Å². The van der Waals surface area contributed by atoms with Crippen LogP contribution in [-0.2, 0) is 0 Å². The summed E-state index contributed by atoms with van der Waals surface area (Å²) in [5.41, 5.74) is 1.56. The van der Waals surface area contributed by atoms with E-state index in [0.29, 0.717) is 5.75 Å². The molecule has 0 aliphatic carbocycles. The molecule has 3 nitrogen and oxygen atoms in total. The highest BCUT2D eigenvalue weighted by Crippen LogP contribution is 2.29. The van der Waals surface area contributed by atoms with Crippen LogP contribution in [0.5, 0.6) is 11.5 Å². The molecule has 0 unspecified atom stereocenters. The lowest BCUT2D eigenvalue weighted by molar-refractivity contribution is 0.486. The normalized spacial score (nSPS) is 10.7. The standard InChI is InChI=1S/C15H11BrN2OS/c1-20-12-4-2-11(3-5-12)19-14-6-7-17-13-8-10(16)9-18-15(13)14/h2-9H,1H3. The topological polar surface area (TPSA) is 35.0 Å². The number of rotatable bonds is 3. The van der Waals surface area contributed by atoms with Crippen molar-refractivity contribution in [2.45, 2.75) is 4.90 Å². The molecule has 0 aliphatic heterocycles. The quantitative estimate of drug-likeness (QED) is 0.631. The Kier molecular flexibility index (Phi) is 3.89. The molecule has 0 amide bonds. The van der Waals surface area contributed by atoms with Crippen molar-refractivity contribution in [2.75, 3.05) is 6.26 Å². The average Bonchev–Trinajstić information content (AvgIpc) is 2.48. The van der Waals surface area contributed by atoms with Gasteiger partial charge in [0.05, 0.1) is 5.52 Å². The van der Waals surface area contributed by atoms with Gasteiger partial charge in [-0.25, -0.2) is 4.98 Å². The molecule has 5 heteroatoms. The molecule has 1 aromatic carbocycles. The Balaban J connectivity index is 1.97. The number of aromatic nitrogens is 2. The van der Waals surface area contributed by atoms with Gasteiger partial charge in [0.15, 0.2) is 5.75 Å². The van der Waals surface area contributed by atoms with Crippen LogP contribution >= 0.6 is 27.7 Å². The van der Waals surface area contributed by atoms with Crippen molar-refractivity contribution >= 4 is 38.7 Å². The number of hydrogen-bond acceptors (Lipinski definition) is 4. The van der Waals surface area contributed by atoms with Crippen LogP contribution in [-0.4, -0.2) is 16.2 Å². The molecule has 0 radical (unpaired) electrons. The number of thioether (sulfide) groups is 1. The van der Waals surface area contributed by atoms with Crippen molar-refractivity contribution in [3.63, 3.8) is 0 Å². The first kappa shape index (κ1) is 13.4. The fraction of sp³-hybridized carbons (Fsp3) is 0.0667. The van der Waals surface area contributed by atoms with Gasteiger partial charge >= 0.3 is 0 Å². The smallest absolute Gasteiger partial charge is 0.156 e. The van der Waals surface area contributed by atoms with Gasteiger partial charge in [0.1, 0.15) is 11.3 Å². The second kappa shape index (κ2) is 5.81. The third-order valence-electron chi connectivity index (χ3n) is 2.79. The number of pyridine rings is 2. The van der Waals surface area contributed by atoms with Crippen LogP contribution in [0.25, 0.3) is 11.0 Å². The largest absolute Gasteiger partial charge is 0.455 e. The van der Waals surface area contributed by atoms with Crippen molar-refractivity contribution in [1.29, 1.82) is 0 Å². The maximum absolute atomic E-state index is 5.90. The van der Waals surface area contributed by atoms with Gasteiger partial charge < -0.3 is 4.74 Å². The van der Waals surface area contributed by atoms with Gasteiger partial charge in [-0.2, -0.15) is 0 Å². The molecular formula is C15H11BrN2OS. The fourth-order valence-corrected chi connectivity index (χ4v) is 2.56. The minimum absolute atomic E-state index is 0.708. The Morgan fingerprint density at radius 1 is 1.10 bits per heavy atom. The predicted octanol–water partition coefficient (Wildman–Crippen LogP) is 4.91. The first-order chi connectivity index (χ1) is 9.76. The summed E-state index contributed by atoms with van der Waals surface area (Å²) in [6, 6.07) is 11.7. The molecule has 0 N–H and O–H groups in total. The van der Waals surface area contributed by atoms with E-state index < -0.39 is 0 Å². The maximum Gasteiger partial charge on any atom is 0.156 e. The molecular weight excluding hydrogens is 336 g/mol. The van der Waals surface area contributed by atoms with Gasteiger partial charge in [0, 0.05) is 27.8 Å². The summed E-state index contributed by atoms with van der Waals surface area (Å²) in [6.45, 7) is 0. The van der Waals surface area contributed by atoms with E-state index in [1.807, 2.05) is 42.7 Å². The Morgan fingerprint density at radius 3 is 2.65 bits per heavy atom. The van der Waals surface area contributed by atoms with Crippen LogP contribution < -0.4 is 4.74 Å². The average molecular weight is 347 g/mol. The zero-order valence-electron chi connectivity index (χ0n) is 10.7. The van der Waals surface area contributed by atoms with Crippen LogP contribution in [0.1, 0.15) is 0 Å². The van der Waals surface area contributed by atoms with Gasteiger partial charge in [0.2, 0.25) is 0 Å². The molecule has 0 saturated carbocycles. The molecule has 2 heterocycles. The minimum Gasteiger partial charge on any atom is -0.455 e. The van der Waals surface area contributed by atoms with Crippen LogP contribution in [0.2, 0.25) is 0 Å². The summed E-state index contributed by atoms with van der Waals surface area (Å²) in [5.74, 6) is 1.50. The van der Waals surface area contributed by atoms with Crippen molar-refractivity contribution in [1.82, 2.24) is 9.97 Å². The lowest BCUT2D eigenvalue weighted by Crippen LogP contribution is -1.90. The number of hydrogen-bond donors (Lipinski definition) is 0. The number of nitrogens with zero attached hydrogens (tertiary/aromatic N) is 2. The molecule has 3 aromatic rings. The number of fused-ring (bicyclic) bond motifs is 1. The number of halogens is 1. The van der Waals surface area contributed by atoms with E-state index in [0.717, 1.165) is 21.3 Å². The summed E-state index contributed by atoms with van der Waals surface area (Å²) in [6.07, 6.45) is 5.52. The Bertz CT molecular complexity index is 746. The van der Waals surface area contributed by atoms with Gasteiger partial charge in [-0.05, 0) is 52.5 Å². The predicted molar refractivity (Wildman–Crippen MR) is 85.5 cm³/mol. The van der Waals surface area contributed by atoms with Gasteiger partial charge in [-0.15, -0.1) is 11.8 Å². The Morgan fingerprint density at radius 2 is 1.90 bits per heavy atom. The van der Waals surface area contributed by atoms with E-state index >= 15 is 0 Å². The molecule has 2 aromatic heterocycles. The fourth-order valence-electron chi connectivity index (χ4n) is 1.83. The first-order valence-corrected chi connectivity index (χ1v) is 8.00. The molecule has 0 spiro atoms. The molecule has 3 rings (SSSR count). The monoisotopic (exact) mass is 346 g/mol. The van der Waals surface area contributed by atoms with E-state index in [1.54, 1.807) is 24.2 Å². The highest BCUT2D eigenvalue weighted by molar-refractivity contribution is 9.10. The molecule has 0 aliphatic rings. The zero-order valence-corrected chi connectivity index (χ0v) is 13.1. The third kappa shape index (κ3) is 2.78. The number of ether oxygens (including phenoxy) is 1. The van der Waals surface area contributed by atoms with Crippen molar-refractivity contribution < 1.29 is 4.74 Å². The van der Waals surface area contributed by atoms with E-state index in [-0.39, 0.29) is 0 Å². The van der Waals surface area contributed by atoms with Gasteiger partial charge in [-0.3, -0.25) is 4.98 Å². The van der Waals surface area contributed by atoms with Crippen LogP contribution in [0.3, 0.4) is 0 Å². The highest BCUT2D eigenvalue weighted by Gasteiger charge is 2.06. The molecule has 20 heavy (non-hydrogen) atoms. The van der Waals surface area contributed by atoms with Crippen LogP contribution in [0.4, 0.5) is 0 Å². The van der Waals surface area contributed by atoms with E-state index in [9.17, 15) is 0 Å². The van der Waals surface area contributed by atoms with Crippen LogP contribution in [0, 0.1) is 0 Å². The summed E-state index contributed by atoms with van der Waals surface area (Å²) in [7, 11) is 0. The van der Waals surface area contributed by atoms with Crippen molar-refractivity contribution in [2.24, 2.45) is 0 Å². The molecule has 0 saturated heterocycles. The zero-order chi connectivity index (χ0) is 13.9. The maximum atomic E-state index is 5.90. The lowest BCUT2D eigenvalue weighted by atomic mass is 10.3. The van der Waals surface area contributed by atoms with Gasteiger partial charge in [-0.1, -0.05) is 0 Å². The van der Waals surface area contributed by atoms with Gasteiger partial charge in [0.25, 0.3) is 0 Å². The van der Waals surface area contributed by atoms with Crippen molar-refractivity contribution in [3.8, 4) is 11.5 Å². The molecule has 0 fully saturated rings. The number of benzene rings is 1. The van der Waals surface area contributed by atoms with Crippen molar-refractivity contribution in [3.05, 3.63) is 53.3 Å². The Hall–Kier alpha value is -1.59. The van der Waals surface area contributed by atoms with Crippen LogP contribution in [0.15, 0.2) is 58.2 Å². The molecule has 0 bridgehead atoms. The SMILES string of the molecule is CSc1ccc(Oc2ccnc3cc(Br)cnc23)cc1. The third-order valence-corrected chi connectivity index (χ3v) is 3.97. The second-order valence-corrected chi connectivity index (χ2v) is 5.90. The minimum atomic E-state index is 0.708. The summed E-state index contributed by atoms with van der Waals surface area (Å²) in [5, 5.41) is 0. The second-order valence-electron chi connectivity index (χ2n) is 4.11. The summed E-state index contributed by atoms with van der Waals surface area (Å²) >= 11 is 5.10. The molecule has 100 valence electrons. The molecule has 0 atom stereocenters. The summed E-state index contributed by atoms with van der Waals surface area (Å²) in [4.78, 5) is 9.88. The first-order valence-electron chi connectivity index (χ1n) is 5.98. The Labute approximate surface area is 129 Å². The van der Waals surface area contributed by atoms with E-state index in [2.05, 4.69) is 25.9 Å². The van der Waals surface area contributed by atoms with E-state index in [4.69, 9.17) is 4.74 Å². The highest BCUT2D eigenvalue weighted by atomic mass is 79.9.